The van der Waals surface area contributed by atoms with E-state index in [-0.39, 0.29) is 11.8 Å². The molecule has 156 valence electrons. The van der Waals surface area contributed by atoms with E-state index in [2.05, 4.69) is 20.6 Å². The number of hydrogen-bond acceptors (Lipinski definition) is 8. The second-order valence-corrected chi connectivity index (χ2v) is 8.56. The van der Waals surface area contributed by atoms with Gasteiger partial charge in [-0.2, -0.15) is 10.5 Å². The van der Waals surface area contributed by atoms with E-state index in [0.717, 1.165) is 4.70 Å². The Labute approximate surface area is 190 Å². The normalized spacial score (nSPS) is 11.3. The molecule has 10 heteroatoms. The van der Waals surface area contributed by atoms with E-state index >= 15 is 0 Å². The molecule has 0 bridgehead atoms. The molecule has 4 aromatic rings. The van der Waals surface area contributed by atoms with Crippen LogP contribution >= 0.6 is 22.7 Å². The highest BCUT2D eigenvalue weighted by Gasteiger charge is 2.18. The van der Waals surface area contributed by atoms with Gasteiger partial charge in [-0.15, -0.1) is 11.3 Å². The number of nitrogens with zero attached hydrogens (tertiary/aromatic N) is 4. The lowest BCUT2D eigenvalue weighted by Gasteiger charge is -2.13. The molecule has 1 atom stereocenters. The van der Waals surface area contributed by atoms with Crippen LogP contribution in [0.2, 0.25) is 0 Å². The van der Waals surface area contributed by atoms with Crippen LogP contribution in [0.15, 0.2) is 47.3 Å². The third-order valence-corrected chi connectivity index (χ3v) is 6.17. The number of amides is 2. The summed E-state index contributed by atoms with van der Waals surface area (Å²) in [4.78, 5) is 33.3. The van der Waals surface area contributed by atoms with E-state index in [1.165, 1.54) is 28.7 Å². The molecule has 0 fully saturated rings. The van der Waals surface area contributed by atoms with Crippen LogP contribution in [0.1, 0.15) is 40.0 Å². The van der Waals surface area contributed by atoms with Crippen LogP contribution < -0.4 is 10.6 Å². The Morgan fingerprint density at radius 2 is 1.81 bits per heavy atom. The summed E-state index contributed by atoms with van der Waals surface area (Å²) in [7, 11) is 0. The molecule has 0 saturated carbocycles. The monoisotopic (exact) mass is 458 g/mol. The van der Waals surface area contributed by atoms with Crippen molar-refractivity contribution in [3.63, 3.8) is 0 Å². The summed E-state index contributed by atoms with van der Waals surface area (Å²) in [5.41, 5.74) is 4.43. The van der Waals surface area contributed by atoms with Gasteiger partial charge in [0.1, 0.15) is 5.69 Å². The number of anilines is 2. The number of carbonyl (C=O) groups excluding carboxylic acids is 2. The molecule has 4 rings (SSSR count). The van der Waals surface area contributed by atoms with E-state index in [0.29, 0.717) is 38.7 Å². The molecule has 2 aromatic carbocycles. The minimum absolute atomic E-state index is 0.273. The van der Waals surface area contributed by atoms with Crippen LogP contribution in [0, 0.1) is 22.7 Å². The summed E-state index contributed by atoms with van der Waals surface area (Å²) in [6, 6.07) is 14.0. The molecular weight excluding hydrogens is 444 g/mol. The topological polar surface area (TPSA) is 132 Å². The van der Waals surface area contributed by atoms with Gasteiger partial charge in [-0.25, -0.2) is 9.97 Å². The van der Waals surface area contributed by atoms with Crippen molar-refractivity contribution in [1.29, 1.82) is 10.5 Å². The highest BCUT2D eigenvalue weighted by Crippen LogP contribution is 2.29. The van der Waals surface area contributed by atoms with Crippen LogP contribution in [-0.2, 0) is 4.79 Å². The molecule has 0 saturated heterocycles. The Balaban J connectivity index is 1.50. The standard InChI is InChI=1S/C22H14N6O2S2/c1-12(15-5-13(8-23)4-14(6-15)9-24)20(29)26-16-2-3-17-19(7-16)32-22(27-17)28-21(30)18-10-31-11-25-18/h2-7,10-12H,1H3,(H,26,29)(H,27,28,30). The van der Waals surface area contributed by atoms with Gasteiger partial charge in [-0.05, 0) is 48.9 Å². The largest absolute Gasteiger partial charge is 0.326 e. The van der Waals surface area contributed by atoms with Crippen LogP contribution in [-0.4, -0.2) is 21.8 Å². The Morgan fingerprint density at radius 1 is 1.06 bits per heavy atom. The Bertz CT molecular complexity index is 1380. The second-order valence-electron chi connectivity index (χ2n) is 6.81. The molecule has 32 heavy (non-hydrogen) atoms. The first-order valence-corrected chi connectivity index (χ1v) is 11.1. The molecule has 0 aliphatic rings. The van der Waals surface area contributed by atoms with E-state index in [4.69, 9.17) is 10.5 Å². The van der Waals surface area contributed by atoms with Crippen molar-refractivity contribution >= 4 is 55.5 Å². The average Bonchev–Trinajstić information content (AvgIpc) is 3.47. The number of aromatic nitrogens is 2. The van der Waals surface area contributed by atoms with Crippen molar-refractivity contribution in [3.05, 3.63) is 69.7 Å². The van der Waals surface area contributed by atoms with E-state index in [1.54, 1.807) is 48.1 Å². The Kier molecular flexibility index (Phi) is 5.90. The van der Waals surface area contributed by atoms with Gasteiger partial charge in [-0.3, -0.25) is 14.9 Å². The maximum atomic E-state index is 12.8. The number of nitrogens with one attached hydrogen (secondary N) is 2. The molecule has 2 aromatic heterocycles. The molecular formula is C22H14N6O2S2. The van der Waals surface area contributed by atoms with Gasteiger partial charge in [0.25, 0.3) is 5.91 Å². The summed E-state index contributed by atoms with van der Waals surface area (Å²) < 4.78 is 0.794. The van der Waals surface area contributed by atoms with Gasteiger partial charge in [0.2, 0.25) is 5.91 Å². The summed E-state index contributed by atoms with van der Waals surface area (Å²) in [6.45, 7) is 1.71. The molecule has 0 aliphatic heterocycles. The maximum Gasteiger partial charge on any atom is 0.276 e. The SMILES string of the molecule is CC(C(=O)Nc1ccc2nc(NC(=O)c3cscn3)sc2c1)c1cc(C#N)cc(C#N)c1. The first-order valence-electron chi connectivity index (χ1n) is 9.33. The first-order chi connectivity index (χ1) is 15.5. The Hall–Kier alpha value is -4.12. The lowest BCUT2D eigenvalue weighted by Crippen LogP contribution is -2.19. The van der Waals surface area contributed by atoms with Crippen molar-refractivity contribution < 1.29 is 9.59 Å². The van der Waals surface area contributed by atoms with Crippen LogP contribution in [0.3, 0.4) is 0 Å². The fourth-order valence-electron chi connectivity index (χ4n) is 2.97. The Morgan fingerprint density at radius 3 is 2.47 bits per heavy atom. The number of carbonyl (C=O) groups is 2. The molecule has 1 unspecified atom stereocenters. The number of nitriles is 2. The van der Waals surface area contributed by atoms with Gasteiger partial charge in [0.15, 0.2) is 5.13 Å². The molecule has 0 radical (unpaired) electrons. The van der Waals surface area contributed by atoms with Gasteiger partial charge in [0, 0.05) is 11.1 Å². The fourth-order valence-corrected chi connectivity index (χ4v) is 4.41. The third kappa shape index (κ3) is 4.47. The predicted molar refractivity (Wildman–Crippen MR) is 123 cm³/mol. The molecule has 8 nitrogen and oxygen atoms in total. The summed E-state index contributed by atoms with van der Waals surface area (Å²) in [6.07, 6.45) is 0. The molecule has 2 heterocycles. The number of hydrogen-bond donors (Lipinski definition) is 2. The fraction of sp³-hybridized carbons (Fsp3) is 0.0909. The van der Waals surface area contributed by atoms with Crippen molar-refractivity contribution in [3.8, 4) is 12.1 Å². The summed E-state index contributed by atoms with van der Waals surface area (Å²) in [5.74, 6) is -1.17. The van der Waals surface area contributed by atoms with Crippen LogP contribution in [0.4, 0.5) is 10.8 Å². The lowest BCUT2D eigenvalue weighted by molar-refractivity contribution is -0.117. The average molecular weight is 459 g/mol. The zero-order valence-electron chi connectivity index (χ0n) is 16.6. The quantitative estimate of drug-likeness (QED) is 0.453. The van der Waals surface area contributed by atoms with Gasteiger partial charge in [0.05, 0.1) is 44.9 Å². The zero-order valence-corrected chi connectivity index (χ0v) is 18.3. The molecule has 0 aliphatic carbocycles. The second kappa shape index (κ2) is 8.94. The maximum absolute atomic E-state index is 12.8. The van der Waals surface area contributed by atoms with Crippen molar-refractivity contribution in [1.82, 2.24) is 9.97 Å². The molecule has 0 spiro atoms. The highest BCUT2D eigenvalue weighted by atomic mass is 32.1. The van der Waals surface area contributed by atoms with Crippen LogP contribution in [0.5, 0.6) is 0 Å². The van der Waals surface area contributed by atoms with Crippen LogP contribution in [0.25, 0.3) is 10.2 Å². The zero-order chi connectivity index (χ0) is 22.7. The number of thiazole rings is 2. The number of fused-ring (bicyclic) bond motifs is 1. The third-order valence-electron chi connectivity index (χ3n) is 4.65. The van der Waals surface area contributed by atoms with E-state index < -0.39 is 5.92 Å². The van der Waals surface area contributed by atoms with Gasteiger partial charge < -0.3 is 5.32 Å². The molecule has 2 amide bonds. The summed E-state index contributed by atoms with van der Waals surface area (Å²) in [5, 5.41) is 26.0. The smallest absolute Gasteiger partial charge is 0.276 e. The van der Waals surface area contributed by atoms with Crippen molar-refractivity contribution in [2.24, 2.45) is 0 Å². The lowest BCUT2D eigenvalue weighted by atomic mass is 9.96. The minimum atomic E-state index is -0.569. The number of rotatable bonds is 5. The first kappa shape index (κ1) is 21.1. The minimum Gasteiger partial charge on any atom is -0.326 e. The summed E-state index contributed by atoms with van der Waals surface area (Å²) >= 11 is 2.62. The number of benzene rings is 2. The van der Waals surface area contributed by atoms with E-state index in [9.17, 15) is 9.59 Å². The van der Waals surface area contributed by atoms with Gasteiger partial charge in [-0.1, -0.05) is 11.3 Å². The van der Waals surface area contributed by atoms with Gasteiger partial charge >= 0.3 is 0 Å². The predicted octanol–water partition coefficient (Wildman–Crippen LogP) is 4.49. The van der Waals surface area contributed by atoms with Crippen molar-refractivity contribution in [2.45, 2.75) is 12.8 Å². The molecule has 2 N–H and O–H groups in total. The van der Waals surface area contributed by atoms with Crippen molar-refractivity contribution in [2.75, 3.05) is 10.6 Å². The highest BCUT2D eigenvalue weighted by molar-refractivity contribution is 7.22. The van der Waals surface area contributed by atoms with E-state index in [1.807, 2.05) is 12.1 Å².